The third-order valence-electron chi connectivity index (χ3n) is 3.69. The van der Waals surface area contributed by atoms with Crippen LogP contribution in [0.4, 0.5) is 0 Å². The number of benzene rings is 1. The summed E-state index contributed by atoms with van der Waals surface area (Å²) < 4.78 is 36.8. The normalized spacial score (nSPS) is 20.0. The molecule has 0 spiro atoms. The number of carbonyl (C=O) groups is 1. The average molecular weight is 380 g/mol. The Bertz CT molecular complexity index is 892. The molecule has 0 amide bonds. The summed E-state index contributed by atoms with van der Waals surface area (Å²) in [6, 6.07) is 8.82. The first-order chi connectivity index (χ1) is 11.9. The van der Waals surface area contributed by atoms with Crippen LogP contribution in [0.1, 0.15) is 18.6 Å². The molecule has 0 radical (unpaired) electrons. The van der Waals surface area contributed by atoms with Crippen LogP contribution in [0.25, 0.3) is 0 Å². The number of carbonyl (C=O) groups excluding carboxylic acids is 1. The second-order valence-corrected chi connectivity index (χ2v) is 7.51. The Morgan fingerprint density at radius 1 is 1.32 bits per heavy atom. The lowest BCUT2D eigenvalue weighted by atomic mass is 10.1. The Morgan fingerprint density at radius 2 is 2.04 bits per heavy atom. The molecule has 2 aromatic rings. The molecule has 7 nitrogen and oxygen atoms in total. The van der Waals surface area contributed by atoms with Gasteiger partial charge in [0.05, 0.1) is 11.5 Å². The highest BCUT2D eigenvalue weighted by molar-refractivity contribution is 7.90. The van der Waals surface area contributed by atoms with E-state index >= 15 is 0 Å². The van der Waals surface area contributed by atoms with Gasteiger partial charge in [0, 0.05) is 18.0 Å². The van der Waals surface area contributed by atoms with Crippen molar-refractivity contribution in [3.05, 3.63) is 54.4 Å². The minimum atomic E-state index is -3.72. The van der Waals surface area contributed by atoms with Crippen molar-refractivity contribution >= 4 is 33.4 Å². The molecule has 25 heavy (non-hydrogen) atoms. The minimum Gasteiger partial charge on any atom is -0.464 e. The molecule has 0 aliphatic carbocycles. The molecular weight excluding hydrogens is 364 g/mol. The fourth-order valence-corrected chi connectivity index (χ4v) is 3.98. The van der Waals surface area contributed by atoms with Crippen molar-refractivity contribution in [2.75, 3.05) is 6.61 Å². The molecule has 1 aliphatic rings. The maximum Gasteiger partial charge on any atom is 0.332 e. The molecule has 132 valence electrons. The van der Waals surface area contributed by atoms with Crippen LogP contribution in [0, 0.1) is 0 Å². The van der Waals surface area contributed by atoms with Crippen LogP contribution in [0.3, 0.4) is 0 Å². The lowest BCUT2D eigenvalue weighted by Gasteiger charge is -2.14. The van der Waals surface area contributed by atoms with Crippen LogP contribution < -0.4 is 5.32 Å². The molecule has 2 heterocycles. The van der Waals surface area contributed by atoms with E-state index in [1.165, 1.54) is 24.5 Å². The quantitative estimate of drug-likeness (QED) is 0.623. The molecular formula is C16H16N2O5S2. The zero-order valence-corrected chi connectivity index (χ0v) is 14.9. The number of esters is 1. The van der Waals surface area contributed by atoms with Gasteiger partial charge in [-0.2, -0.15) is 0 Å². The van der Waals surface area contributed by atoms with E-state index in [4.69, 9.17) is 21.7 Å². The second-order valence-electron chi connectivity index (χ2n) is 5.29. The SMILES string of the molecule is CCOC(=O)[C@H]1NC(=S)O[C@@H]1c1ccn(S(=O)(=O)c2ccccc2)c1. The van der Waals surface area contributed by atoms with Crippen molar-refractivity contribution < 1.29 is 22.7 Å². The Kier molecular flexibility index (Phi) is 4.78. The lowest BCUT2D eigenvalue weighted by Crippen LogP contribution is -2.37. The summed E-state index contributed by atoms with van der Waals surface area (Å²) in [6.07, 6.45) is 2.07. The van der Waals surface area contributed by atoms with Crippen molar-refractivity contribution in [1.29, 1.82) is 0 Å². The zero-order valence-electron chi connectivity index (χ0n) is 13.3. The number of aromatic nitrogens is 1. The molecule has 1 saturated heterocycles. The number of hydrogen-bond acceptors (Lipinski definition) is 6. The molecule has 1 aromatic carbocycles. The van der Waals surface area contributed by atoms with E-state index in [2.05, 4.69) is 5.32 Å². The summed E-state index contributed by atoms with van der Waals surface area (Å²) in [5.41, 5.74) is 0.505. The highest BCUT2D eigenvalue weighted by Gasteiger charge is 2.40. The molecule has 1 N–H and O–H groups in total. The second kappa shape index (κ2) is 6.85. The molecule has 9 heteroatoms. The van der Waals surface area contributed by atoms with Crippen molar-refractivity contribution in [1.82, 2.24) is 9.29 Å². The largest absolute Gasteiger partial charge is 0.464 e. The number of thiocarbonyl (C=S) groups is 1. The van der Waals surface area contributed by atoms with Crippen molar-refractivity contribution in [2.45, 2.75) is 24.0 Å². The summed E-state index contributed by atoms with van der Waals surface area (Å²) >= 11 is 4.97. The third kappa shape index (κ3) is 3.38. The predicted molar refractivity (Wildman–Crippen MR) is 93.4 cm³/mol. The van der Waals surface area contributed by atoms with Crippen LogP contribution in [0.5, 0.6) is 0 Å². The first-order valence-corrected chi connectivity index (χ1v) is 9.40. The van der Waals surface area contributed by atoms with Crippen LogP contribution >= 0.6 is 12.2 Å². The van der Waals surface area contributed by atoms with Crippen LogP contribution in [0.2, 0.25) is 0 Å². The third-order valence-corrected chi connectivity index (χ3v) is 5.55. The van der Waals surface area contributed by atoms with Gasteiger partial charge < -0.3 is 14.8 Å². The van der Waals surface area contributed by atoms with Gasteiger partial charge in [0.15, 0.2) is 12.1 Å². The van der Waals surface area contributed by atoms with Gasteiger partial charge >= 0.3 is 5.97 Å². The number of rotatable bonds is 5. The average Bonchev–Trinajstić information content (AvgIpc) is 3.23. The van der Waals surface area contributed by atoms with Gasteiger partial charge in [0.1, 0.15) is 0 Å². The Balaban J connectivity index is 1.90. The summed E-state index contributed by atoms with van der Waals surface area (Å²) in [5, 5.41) is 2.81. The number of nitrogens with zero attached hydrogens (tertiary/aromatic N) is 1. The van der Waals surface area contributed by atoms with Gasteiger partial charge in [-0.25, -0.2) is 17.2 Å². The van der Waals surface area contributed by atoms with Crippen LogP contribution in [-0.4, -0.2) is 36.2 Å². The van der Waals surface area contributed by atoms with E-state index < -0.39 is 28.1 Å². The maximum atomic E-state index is 12.6. The van der Waals surface area contributed by atoms with Gasteiger partial charge in [0.25, 0.3) is 15.2 Å². The van der Waals surface area contributed by atoms with Crippen molar-refractivity contribution in [3.63, 3.8) is 0 Å². The van der Waals surface area contributed by atoms with Crippen LogP contribution in [-0.2, 0) is 24.3 Å². The van der Waals surface area contributed by atoms with Crippen molar-refractivity contribution in [2.24, 2.45) is 0 Å². The van der Waals surface area contributed by atoms with E-state index in [1.54, 1.807) is 31.2 Å². The standard InChI is InChI=1S/C16H16N2O5S2/c1-2-22-15(19)13-14(23-16(24)17-13)11-8-9-18(10-11)25(20,21)12-6-4-3-5-7-12/h3-10,13-14H,2H2,1H3,(H,17,24)/t13-,14+/m0/s1. The molecule has 0 bridgehead atoms. The monoisotopic (exact) mass is 380 g/mol. The highest BCUT2D eigenvalue weighted by Crippen LogP contribution is 2.28. The molecule has 0 saturated carbocycles. The van der Waals surface area contributed by atoms with E-state index in [1.807, 2.05) is 0 Å². The number of ether oxygens (including phenoxy) is 2. The van der Waals surface area contributed by atoms with Gasteiger partial charge in [-0.15, -0.1) is 0 Å². The zero-order chi connectivity index (χ0) is 18.0. The smallest absolute Gasteiger partial charge is 0.332 e. The topological polar surface area (TPSA) is 86.6 Å². The number of nitrogens with one attached hydrogen (secondary N) is 1. The Labute approximate surface area is 150 Å². The molecule has 2 atom stereocenters. The first kappa shape index (κ1) is 17.4. The minimum absolute atomic E-state index is 0.0710. The van der Waals surface area contributed by atoms with Gasteiger partial charge in [-0.1, -0.05) is 18.2 Å². The molecule has 1 fully saturated rings. The van der Waals surface area contributed by atoms with E-state index in [0.29, 0.717) is 5.56 Å². The van der Waals surface area contributed by atoms with Crippen molar-refractivity contribution in [3.8, 4) is 0 Å². The summed E-state index contributed by atoms with van der Waals surface area (Å²) in [7, 11) is -3.72. The highest BCUT2D eigenvalue weighted by atomic mass is 32.2. The number of hydrogen-bond donors (Lipinski definition) is 1. The molecule has 0 unspecified atom stereocenters. The van der Waals surface area contributed by atoms with Gasteiger partial charge in [0.2, 0.25) is 0 Å². The Morgan fingerprint density at radius 3 is 2.72 bits per heavy atom. The lowest BCUT2D eigenvalue weighted by molar-refractivity contribution is -0.146. The van der Waals surface area contributed by atoms with Crippen LogP contribution in [0.15, 0.2) is 53.7 Å². The fourth-order valence-electron chi connectivity index (χ4n) is 2.52. The summed E-state index contributed by atoms with van der Waals surface area (Å²) in [4.78, 5) is 12.2. The molecule has 1 aliphatic heterocycles. The van der Waals surface area contributed by atoms with Gasteiger partial charge in [-0.3, -0.25) is 0 Å². The first-order valence-electron chi connectivity index (χ1n) is 7.56. The maximum absolute atomic E-state index is 12.6. The van der Waals surface area contributed by atoms with E-state index in [-0.39, 0.29) is 16.7 Å². The van der Waals surface area contributed by atoms with Gasteiger partial charge in [-0.05, 0) is 37.3 Å². The predicted octanol–water partition coefficient (Wildman–Crippen LogP) is 1.60. The van der Waals surface area contributed by atoms with E-state index in [9.17, 15) is 13.2 Å². The fraction of sp³-hybridized carbons (Fsp3) is 0.250. The van der Waals surface area contributed by atoms with E-state index in [0.717, 1.165) is 3.97 Å². The molecule has 1 aromatic heterocycles. The Hall–Kier alpha value is -2.39. The summed E-state index contributed by atoms with van der Waals surface area (Å²) in [5.74, 6) is -0.508. The summed E-state index contributed by atoms with van der Waals surface area (Å²) in [6.45, 7) is 1.92. The molecule has 3 rings (SSSR count).